The van der Waals surface area contributed by atoms with Crippen molar-refractivity contribution in [1.29, 1.82) is 0 Å². The first-order valence-corrected chi connectivity index (χ1v) is 8.36. The summed E-state index contributed by atoms with van der Waals surface area (Å²) in [5, 5.41) is 0. The largest absolute Gasteiger partial charge is 0.290 e. The Labute approximate surface area is 123 Å². The second-order valence-corrected chi connectivity index (χ2v) is 6.33. The molecule has 0 heterocycles. The van der Waals surface area contributed by atoms with Gasteiger partial charge >= 0.3 is 0 Å². The van der Waals surface area contributed by atoms with Gasteiger partial charge in [0.1, 0.15) is 0 Å². The van der Waals surface area contributed by atoms with Crippen LogP contribution < -0.4 is 0 Å². The molecule has 1 atom stereocenters. The van der Waals surface area contributed by atoms with E-state index in [1.807, 2.05) is 6.08 Å². The van der Waals surface area contributed by atoms with E-state index in [2.05, 4.69) is 31.2 Å². The number of hydrogen-bond donors (Lipinski definition) is 0. The third-order valence-electron chi connectivity index (χ3n) is 4.59. The lowest BCUT2D eigenvalue weighted by Gasteiger charge is -2.31. The average Bonchev–Trinajstić information content (AvgIpc) is 2.47. The summed E-state index contributed by atoms with van der Waals surface area (Å²) in [5.74, 6) is 0.249. The molecule has 0 amide bonds. The lowest BCUT2D eigenvalue weighted by molar-refractivity contribution is -0.111. The number of rotatable bonds is 7. The van der Waals surface area contributed by atoms with Crippen LogP contribution in [0.4, 0.5) is 0 Å². The molecule has 20 heavy (non-hydrogen) atoms. The number of carbonyl (C=O) groups is 1. The van der Waals surface area contributed by atoms with Gasteiger partial charge in [-0.05, 0) is 43.8 Å². The van der Waals surface area contributed by atoms with Gasteiger partial charge in [0.15, 0.2) is 5.78 Å². The molecule has 0 saturated carbocycles. The highest BCUT2D eigenvalue weighted by molar-refractivity contribution is 6.05. The zero-order valence-corrected chi connectivity index (χ0v) is 12.9. The molecule has 1 heteroatoms. The second kappa shape index (κ2) is 7.61. The van der Waals surface area contributed by atoms with Crippen molar-refractivity contribution in [2.45, 2.75) is 71.1 Å². The molecule has 1 nitrogen and oxygen atoms in total. The van der Waals surface area contributed by atoms with Gasteiger partial charge in [-0.2, -0.15) is 0 Å². The van der Waals surface area contributed by atoms with E-state index >= 15 is 0 Å². The number of hydrogen-bond acceptors (Lipinski definition) is 1. The molecule has 0 aromatic heterocycles. The topological polar surface area (TPSA) is 17.1 Å². The van der Waals surface area contributed by atoms with Crippen LogP contribution in [0.1, 0.15) is 71.1 Å². The third kappa shape index (κ3) is 4.19. The first-order valence-electron chi connectivity index (χ1n) is 8.36. The fourth-order valence-corrected chi connectivity index (χ4v) is 3.26. The molecule has 2 rings (SSSR count). The van der Waals surface area contributed by atoms with Gasteiger partial charge in [0.2, 0.25) is 0 Å². The van der Waals surface area contributed by atoms with Gasteiger partial charge in [0, 0.05) is 5.41 Å². The third-order valence-corrected chi connectivity index (χ3v) is 4.59. The van der Waals surface area contributed by atoms with Crippen LogP contribution in [0.5, 0.6) is 0 Å². The highest BCUT2D eigenvalue weighted by atomic mass is 16.1. The molecule has 1 spiro atoms. The highest BCUT2D eigenvalue weighted by Gasteiger charge is 2.29. The van der Waals surface area contributed by atoms with Crippen LogP contribution >= 0.6 is 0 Å². The first-order chi connectivity index (χ1) is 9.76. The van der Waals surface area contributed by atoms with Crippen LogP contribution in [0.25, 0.3) is 0 Å². The summed E-state index contributed by atoms with van der Waals surface area (Å²) in [4.78, 5) is 12.0. The molecular weight excluding hydrogens is 244 g/mol. The quantitative estimate of drug-likeness (QED) is 0.440. The Morgan fingerprint density at radius 3 is 2.65 bits per heavy atom. The summed E-state index contributed by atoms with van der Waals surface area (Å²) in [6, 6.07) is 0. The lowest BCUT2D eigenvalue weighted by Crippen LogP contribution is -2.22. The van der Waals surface area contributed by atoms with E-state index < -0.39 is 0 Å². The Balaban J connectivity index is 1.83. The van der Waals surface area contributed by atoms with Crippen molar-refractivity contribution in [3.05, 3.63) is 36.0 Å². The molecule has 0 N–H and O–H groups in total. The molecule has 0 saturated heterocycles. The minimum atomic E-state index is 0.153. The van der Waals surface area contributed by atoms with Gasteiger partial charge in [0.25, 0.3) is 0 Å². The van der Waals surface area contributed by atoms with Crippen molar-refractivity contribution in [2.75, 3.05) is 0 Å². The minimum Gasteiger partial charge on any atom is -0.290 e. The Morgan fingerprint density at radius 2 is 1.90 bits per heavy atom. The van der Waals surface area contributed by atoms with Gasteiger partial charge < -0.3 is 0 Å². The Kier molecular flexibility index (Phi) is 5.82. The Hall–Kier alpha value is -1.11. The molecular formula is C19H28O. The van der Waals surface area contributed by atoms with Gasteiger partial charge in [-0.3, -0.25) is 4.79 Å². The normalized spacial score (nSPS) is 25.2. The van der Waals surface area contributed by atoms with E-state index in [-0.39, 0.29) is 11.2 Å². The van der Waals surface area contributed by atoms with Crippen molar-refractivity contribution in [3.8, 4) is 0 Å². The van der Waals surface area contributed by atoms with Gasteiger partial charge in [-0.15, -0.1) is 0 Å². The number of allylic oxidation sites excluding steroid dienone is 6. The fraction of sp³-hybridized carbons (Fsp3) is 0.632. The van der Waals surface area contributed by atoms with E-state index in [4.69, 9.17) is 0 Å². The molecule has 0 fully saturated rings. The number of carbonyl (C=O) groups excluding carboxylic acids is 1. The number of unbranched alkanes of at least 4 members (excludes halogenated alkanes) is 5. The summed E-state index contributed by atoms with van der Waals surface area (Å²) in [7, 11) is 0. The summed E-state index contributed by atoms with van der Waals surface area (Å²) in [6.07, 6.45) is 22.9. The molecule has 0 bridgehead atoms. The molecule has 110 valence electrons. The zero-order valence-electron chi connectivity index (χ0n) is 12.9. The summed E-state index contributed by atoms with van der Waals surface area (Å²) in [6.45, 7) is 2.25. The number of ketones is 1. The van der Waals surface area contributed by atoms with Crippen LogP contribution in [-0.2, 0) is 4.79 Å². The lowest BCUT2D eigenvalue weighted by atomic mass is 9.72. The standard InChI is InChI=1S/C19H28O/c1-2-3-4-5-6-8-11-17-16-19(15-12-18(17)20)13-9-7-10-14-19/h7,9,12,15-16H,2-6,8,10-11,13-14H2,1H3. The SMILES string of the molecule is CCCCCCCCC1=CC2(C=CC1=O)CC=CCC2. The maximum absolute atomic E-state index is 12.0. The summed E-state index contributed by atoms with van der Waals surface area (Å²) >= 11 is 0. The van der Waals surface area contributed by atoms with Crippen molar-refractivity contribution in [2.24, 2.45) is 5.41 Å². The molecule has 0 aliphatic heterocycles. The van der Waals surface area contributed by atoms with Crippen LogP contribution in [0, 0.1) is 5.41 Å². The van der Waals surface area contributed by atoms with Crippen molar-refractivity contribution in [3.63, 3.8) is 0 Å². The van der Waals surface area contributed by atoms with Crippen molar-refractivity contribution < 1.29 is 4.79 Å². The van der Waals surface area contributed by atoms with E-state index in [0.29, 0.717) is 0 Å². The van der Waals surface area contributed by atoms with E-state index in [0.717, 1.165) is 31.3 Å². The van der Waals surface area contributed by atoms with E-state index in [1.54, 1.807) is 0 Å². The maximum Gasteiger partial charge on any atom is 0.181 e. The van der Waals surface area contributed by atoms with Gasteiger partial charge in [0.05, 0.1) is 0 Å². The predicted molar refractivity (Wildman–Crippen MR) is 85.6 cm³/mol. The molecule has 2 aliphatic rings. The molecule has 2 aliphatic carbocycles. The molecule has 0 aromatic rings. The van der Waals surface area contributed by atoms with Gasteiger partial charge in [-0.1, -0.05) is 63.3 Å². The summed E-state index contributed by atoms with van der Waals surface area (Å²) < 4.78 is 0. The van der Waals surface area contributed by atoms with Crippen LogP contribution in [0.15, 0.2) is 36.0 Å². The molecule has 0 radical (unpaired) electrons. The first kappa shape index (κ1) is 15.3. The monoisotopic (exact) mass is 272 g/mol. The van der Waals surface area contributed by atoms with E-state index in [9.17, 15) is 4.79 Å². The second-order valence-electron chi connectivity index (χ2n) is 6.33. The fourth-order valence-electron chi connectivity index (χ4n) is 3.26. The van der Waals surface area contributed by atoms with Crippen molar-refractivity contribution in [1.82, 2.24) is 0 Å². The van der Waals surface area contributed by atoms with Crippen LogP contribution in [0.2, 0.25) is 0 Å². The Morgan fingerprint density at radius 1 is 1.10 bits per heavy atom. The predicted octanol–water partition coefficient (Wildman–Crippen LogP) is 5.53. The van der Waals surface area contributed by atoms with Gasteiger partial charge in [-0.25, -0.2) is 0 Å². The van der Waals surface area contributed by atoms with Crippen LogP contribution in [-0.4, -0.2) is 5.78 Å². The molecule has 0 aromatic carbocycles. The maximum atomic E-state index is 12.0. The molecule has 1 unspecified atom stereocenters. The zero-order chi connectivity index (χ0) is 14.3. The smallest absolute Gasteiger partial charge is 0.181 e. The Bertz CT molecular complexity index is 413. The van der Waals surface area contributed by atoms with Crippen LogP contribution in [0.3, 0.4) is 0 Å². The highest BCUT2D eigenvalue weighted by Crippen LogP contribution is 2.39. The summed E-state index contributed by atoms with van der Waals surface area (Å²) in [5.41, 5.74) is 1.22. The minimum absolute atomic E-state index is 0.153. The van der Waals surface area contributed by atoms with E-state index in [1.165, 1.54) is 38.5 Å². The van der Waals surface area contributed by atoms with Crippen molar-refractivity contribution >= 4 is 5.78 Å². The average molecular weight is 272 g/mol.